The van der Waals surface area contributed by atoms with Crippen LogP contribution in [0.1, 0.15) is 30.9 Å². The van der Waals surface area contributed by atoms with E-state index in [-0.39, 0.29) is 37.0 Å². The number of aromatic nitrogens is 1. The van der Waals surface area contributed by atoms with E-state index >= 15 is 0 Å². The van der Waals surface area contributed by atoms with Crippen molar-refractivity contribution in [3.63, 3.8) is 0 Å². The van der Waals surface area contributed by atoms with Crippen molar-refractivity contribution in [1.29, 1.82) is 0 Å². The maximum absolute atomic E-state index is 13.1. The number of rotatable bonds is 6. The minimum Gasteiger partial charge on any atom is -0.488 e. The number of urea groups is 1. The number of amides is 3. The van der Waals surface area contributed by atoms with Crippen LogP contribution in [0.4, 0.5) is 16.2 Å². The number of carbonyl (C=O) groups excluding carboxylic acids is 2. The van der Waals surface area contributed by atoms with E-state index in [0.29, 0.717) is 47.2 Å². The number of ether oxygens (including phenoxy) is 1. The standard InChI is InChI=1S/C23H33N5O5/c1-13-11-28(14(2)12-29)21(30)9-17-8-18(6-7-19(17)32-20(13)10-24-5)25-23(31)26-22-15(3)27-33-16(22)4/h6-8,13-14,20,24,29H,9-12H2,1-5H3,(H2,25,26,31)/t13-,14+,20+/m1/s1. The molecule has 0 spiro atoms. The molecular formula is C23H33N5O5. The van der Waals surface area contributed by atoms with Crippen molar-refractivity contribution in [3.05, 3.63) is 35.2 Å². The van der Waals surface area contributed by atoms with E-state index in [1.807, 2.05) is 20.9 Å². The molecule has 180 valence electrons. The first-order valence-electron chi connectivity index (χ1n) is 11.1. The Hall–Kier alpha value is -3.11. The number of hydrogen-bond acceptors (Lipinski definition) is 7. The number of carbonyl (C=O) groups is 2. The molecule has 0 saturated heterocycles. The predicted octanol–water partition coefficient (Wildman–Crippen LogP) is 2.30. The van der Waals surface area contributed by atoms with Gasteiger partial charge in [0.15, 0.2) is 5.76 Å². The smallest absolute Gasteiger partial charge is 0.323 e. The number of aliphatic hydroxyl groups excluding tert-OH is 1. The van der Waals surface area contributed by atoms with E-state index in [1.165, 1.54) is 0 Å². The van der Waals surface area contributed by atoms with Crippen LogP contribution in [0.15, 0.2) is 22.7 Å². The summed E-state index contributed by atoms with van der Waals surface area (Å²) in [5.74, 6) is 1.06. The summed E-state index contributed by atoms with van der Waals surface area (Å²) in [4.78, 5) is 27.4. The van der Waals surface area contributed by atoms with Crippen LogP contribution in [0.3, 0.4) is 0 Å². The van der Waals surface area contributed by atoms with Gasteiger partial charge in [-0.15, -0.1) is 0 Å². The number of fused-ring (bicyclic) bond motifs is 1. The summed E-state index contributed by atoms with van der Waals surface area (Å²) in [5, 5.41) is 22.2. The summed E-state index contributed by atoms with van der Waals surface area (Å²) in [6.07, 6.45) is -0.0747. The summed E-state index contributed by atoms with van der Waals surface area (Å²) < 4.78 is 11.4. The molecule has 1 aliphatic heterocycles. The molecule has 3 atom stereocenters. The van der Waals surface area contributed by atoms with Crippen LogP contribution in [0.25, 0.3) is 0 Å². The predicted molar refractivity (Wildman–Crippen MR) is 125 cm³/mol. The fourth-order valence-corrected chi connectivity index (χ4v) is 3.89. The van der Waals surface area contributed by atoms with Crippen LogP contribution in [-0.4, -0.2) is 66.0 Å². The largest absolute Gasteiger partial charge is 0.488 e. The molecule has 10 heteroatoms. The van der Waals surface area contributed by atoms with Gasteiger partial charge in [-0.05, 0) is 46.0 Å². The zero-order chi connectivity index (χ0) is 24.1. The molecule has 0 unspecified atom stereocenters. The SMILES string of the molecule is CNC[C@@H]1Oc2ccc(NC(=O)Nc3c(C)noc3C)cc2CC(=O)N([C@@H](C)CO)C[C@H]1C. The number of aryl methyl sites for hydroxylation is 2. The average molecular weight is 460 g/mol. The minimum absolute atomic E-state index is 0.0416. The second kappa shape index (κ2) is 10.7. The Bertz CT molecular complexity index is 972. The summed E-state index contributed by atoms with van der Waals surface area (Å²) in [6.45, 7) is 8.29. The van der Waals surface area contributed by atoms with Crippen molar-refractivity contribution in [2.75, 3.05) is 37.4 Å². The minimum atomic E-state index is -0.447. The van der Waals surface area contributed by atoms with Gasteiger partial charge >= 0.3 is 6.03 Å². The Morgan fingerprint density at radius 2 is 2.09 bits per heavy atom. The second-order valence-corrected chi connectivity index (χ2v) is 8.55. The number of benzene rings is 1. The Morgan fingerprint density at radius 1 is 1.33 bits per heavy atom. The summed E-state index contributed by atoms with van der Waals surface area (Å²) in [5.41, 5.74) is 2.29. The highest BCUT2D eigenvalue weighted by molar-refractivity contribution is 6.00. The van der Waals surface area contributed by atoms with Gasteiger partial charge in [0.1, 0.15) is 23.2 Å². The molecular weight excluding hydrogens is 426 g/mol. The van der Waals surface area contributed by atoms with Crippen molar-refractivity contribution < 1.29 is 24.0 Å². The molecule has 2 aromatic rings. The zero-order valence-corrected chi connectivity index (χ0v) is 19.8. The lowest BCUT2D eigenvalue weighted by molar-refractivity contribution is -0.134. The molecule has 1 aromatic carbocycles. The fraction of sp³-hybridized carbons (Fsp3) is 0.522. The number of nitrogens with zero attached hydrogens (tertiary/aromatic N) is 2. The third-order valence-corrected chi connectivity index (χ3v) is 5.85. The van der Waals surface area contributed by atoms with E-state index in [4.69, 9.17) is 9.26 Å². The zero-order valence-electron chi connectivity index (χ0n) is 19.8. The van der Waals surface area contributed by atoms with Gasteiger partial charge in [0.05, 0.1) is 19.1 Å². The Morgan fingerprint density at radius 3 is 2.73 bits per heavy atom. The quantitative estimate of drug-likeness (QED) is 0.522. The molecule has 0 saturated carbocycles. The van der Waals surface area contributed by atoms with Crippen molar-refractivity contribution in [3.8, 4) is 5.75 Å². The van der Waals surface area contributed by atoms with Gasteiger partial charge in [0, 0.05) is 30.3 Å². The van der Waals surface area contributed by atoms with Gasteiger partial charge in [-0.2, -0.15) is 0 Å². The molecule has 0 bridgehead atoms. The van der Waals surface area contributed by atoms with Crippen molar-refractivity contribution in [1.82, 2.24) is 15.4 Å². The maximum Gasteiger partial charge on any atom is 0.323 e. The monoisotopic (exact) mass is 459 g/mol. The molecule has 33 heavy (non-hydrogen) atoms. The van der Waals surface area contributed by atoms with Crippen LogP contribution in [-0.2, 0) is 11.2 Å². The van der Waals surface area contributed by atoms with Gasteiger partial charge < -0.3 is 35.2 Å². The third kappa shape index (κ3) is 5.82. The third-order valence-electron chi connectivity index (χ3n) is 5.85. The first kappa shape index (κ1) is 24.5. The molecule has 10 nitrogen and oxygen atoms in total. The topological polar surface area (TPSA) is 129 Å². The van der Waals surface area contributed by atoms with E-state index < -0.39 is 6.03 Å². The highest BCUT2D eigenvalue weighted by Crippen LogP contribution is 2.29. The van der Waals surface area contributed by atoms with Gasteiger partial charge in [0.2, 0.25) is 5.91 Å². The van der Waals surface area contributed by atoms with Gasteiger partial charge in [-0.1, -0.05) is 12.1 Å². The Labute approximate surface area is 193 Å². The lowest BCUT2D eigenvalue weighted by Crippen LogP contribution is -2.47. The molecule has 0 fully saturated rings. The molecule has 3 amide bonds. The Balaban J connectivity index is 1.86. The van der Waals surface area contributed by atoms with Crippen LogP contribution in [0.5, 0.6) is 5.75 Å². The van der Waals surface area contributed by atoms with Gasteiger partial charge in [-0.3, -0.25) is 4.79 Å². The van der Waals surface area contributed by atoms with Crippen LogP contribution < -0.4 is 20.7 Å². The fourth-order valence-electron chi connectivity index (χ4n) is 3.89. The summed E-state index contributed by atoms with van der Waals surface area (Å²) >= 11 is 0. The lowest BCUT2D eigenvalue weighted by atomic mass is 10.0. The van der Waals surface area contributed by atoms with Gasteiger partial charge in [-0.25, -0.2) is 4.79 Å². The van der Waals surface area contributed by atoms with Crippen molar-refractivity contribution in [2.45, 2.75) is 46.3 Å². The molecule has 3 rings (SSSR count). The first-order chi connectivity index (χ1) is 15.7. The van der Waals surface area contributed by atoms with E-state index in [9.17, 15) is 14.7 Å². The number of aliphatic hydroxyl groups is 1. The molecule has 1 aromatic heterocycles. The summed E-state index contributed by atoms with van der Waals surface area (Å²) in [7, 11) is 1.85. The molecule has 1 aliphatic rings. The highest BCUT2D eigenvalue weighted by atomic mass is 16.5. The van der Waals surface area contributed by atoms with Crippen LogP contribution >= 0.6 is 0 Å². The molecule has 0 aliphatic carbocycles. The average Bonchev–Trinajstić information content (AvgIpc) is 3.11. The number of anilines is 2. The van der Waals surface area contributed by atoms with Gasteiger partial charge in [0.25, 0.3) is 0 Å². The Kier molecular flexibility index (Phi) is 7.93. The number of likely N-dealkylation sites (N-methyl/N-ethyl adjacent to an activating group) is 1. The maximum atomic E-state index is 13.1. The molecule has 4 N–H and O–H groups in total. The number of nitrogens with one attached hydrogen (secondary N) is 3. The molecule has 2 heterocycles. The second-order valence-electron chi connectivity index (χ2n) is 8.55. The summed E-state index contributed by atoms with van der Waals surface area (Å²) in [6, 6.07) is 4.50. The lowest BCUT2D eigenvalue weighted by Gasteiger charge is -2.32. The van der Waals surface area contributed by atoms with Crippen LogP contribution in [0.2, 0.25) is 0 Å². The normalized spacial score (nSPS) is 19.6. The van der Waals surface area contributed by atoms with Crippen molar-refractivity contribution in [2.24, 2.45) is 5.92 Å². The van der Waals surface area contributed by atoms with Crippen molar-refractivity contribution >= 4 is 23.3 Å². The molecule has 0 radical (unpaired) electrons. The van der Waals surface area contributed by atoms with E-state index in [1.54, 1.807) is 36.9 Å². The highest BCUT2D eigenvalue weighted by Gasteiger charge is 2.30. The van der Waals surface area contributed by atoms with Crippen LogP contribution in [0, 0.1) is 19.8 Å². The first-order valence-corrected chi connectivity index (χ1v) is 11.1. The van der Waals surface area contributed by atoms with E-state index in [2.05, 4.69) is 21.1 Å². The number of hydrogen-bond donors (Lipinski definition) is 4. The van der Waals surface area contributed by atoms with E-state index in [0.717, 1.165) is 0 Å².